The minimum absolute atomic E-state index is 0.896. The van der Waals surface area contributed by atoms with Gasteiger partial charge in [-0.05, 0) is 37.7 Å². The summed E-state index contributed by atoms with van der Waals surface area (Å²) in [5.41, 5.74) is 2.93. The third-order valence-electron chi connectivity index (χ3n) is 2.37. The molecule has 0 atom stereocenters. The van der Waals surface area contributed by atoms with Crippen LogP contribution < -0.4 is 0 Å². The van der Waals surface area contributed by atoms with Gasteiger partial charge >= 0.3 is 0 Å². The molecule has 1 aromatic heterocycles. The summed E-state index contributed by atoms with van der Waals surface area (Å²) in [4.78, 5) is 0.950. The fourth-order valence-electron chi connectivity index (χ4n) is 1.64. The maximum absolute atomic E-state index is 8.72. The van der Waals surface area contributed by atoms with E-state index in [0.29, 0.717) is 0 Å². The molecule has 2 rings (SSSR count). The van der Waals surface area contributed by atoms with E-state index in [2.05, 4.69) is 10.5 Å². The Labute approximate surface area is 98.7 Å². The van der Waals surface area contributed by atoms with Crippen molar-refractivity contribution < 1.29 is 0 Å². The van der Waals surface area contributed by atoms with Gasteiger partial charge in [-0.25, -0.2) is 4.68 Å². The van der Waals surface area contributed by atoms with E-state index in [1.54, 1.807) is 0 Å². The molecule has 0 radical (unpaired) electrons. The number of aryl methyl sites for hydroxylation is 1. The summed E-state index contributed by atoms with van der Waals surface area (Å²) in [5, 5.41) is 15.3. The SMILES string of the molecule is Cc1nn(-c2ccccc2)c(C)c1SC#N. The third kappa shape index (κ3) is 1.82. The molecule has 4 heteroatoms. The minimum atomic E-state index is 0.896. The van der Waals surface area contributed by atoms with Crippen LogP contribution in [0.5, 0.6) is 0 Å². The average molecular weight is 229 g/mol. The van der Waals surface area contributed by atoms with E-state index in [-0.39, 0.29) is 0 Å². The Bertz CT molecular complexity index is 537. The number of rotatable bonds is 2. The van der Waals surface area contributed by atoms with Crippen molar-refractivity contribution in [3.05, 3.63) is 41.7 Å². The van der Waals surface area contributed by atoms with Gasteiger partial charge in [-0.3, -0.25) is 0 Å². The predicted molar refractivity (Wildman–Crippen MR) is 64.5 cm³/mol. The average Bonchev–Trinajstić information content (AvgIpc) is 2.59. The maximum atomic E-state index is 8.72. The standard InChI is InChI=1S/C12H11N3S/c1-9-12(16-8-13)10(2)15(14-9)11-6-4-3-5-7-11/h3-7H,1-2H3. The van der Waals surface area contributed by atoms with Crippen LogP contribution in [-0.4, -0.2) is 9.78 Å². The van der Waals surface area contributed by atoms with Gasteiger partial charge in [-0.15, -0.1) is 0 Å². The first-order valence-corrected chi connectivity index (χ1v) is 5.73. The molecule has 80 valence electrons. The molecular formula is C12H11N3S. The molecular weight excluding hydrogens is 218 g/mol. The molecule has 1 heterocycles. The lowest BCUT2D eigenvalue weighted by molar-refractivity contribution is 0.832. The van der Waals surface area contributed by atoms with E-state index in [4.69, 9.17) is 5.26 Å². The molecule has 0 amide bonds. The molecule has 0 bridgehead atoms. The monoisotopic (exact) mass is 229 g/mol. The highest BCUT2D eigenvalue weighted by Crippen LogP contribution is 2.26. The van der Waals surface area contributed by atoms with Crippen molar-refractivity contribution in [2.24, 2.45) is 0 Å². The minimum Gasteiger partial charge on any atom is -0.237 e. The van der Waals surface area contributed by atoms with Gasteiger partial charge in [0.2, 0.25) is 0 Å². The van der Waals surface area contributed by atoms with Crippen molar-refractivity contribution in [3.63, 3.8) is 0 Å². The van der Waals surface area contributed by atoms with E-state index in [1.807, 2.05) is 48.9 Å². The van der Waals surface area contributed by atoms with Crippen LogP contribution in [-0.2, 0) is 0 Å². The van der Waals surface area contributed by atoms with Crippen LogP contribution in [0.3, 0.4) is 0 Å². The van der Waals surface area contributed by atoms with Crippen molar-refractivity contribution in [2.45, 2.75) is 18.7 Å². The van der Waals surface area contributed by atoms with E-state index in [0.717, 1.165) is 22.0 Å². The van der Waals surface area contributed by atoms with Crippen LogP contribution in [0.1, 0.15) is 11.4 Å². The topological polar surface area (TPSA) is 41.6 Å². The van der Waals surface area contributed by atoms with Crippen LogP contribution in [0.4, 0.5) is 0 Å². The molecule has 0 saturated carbocycles. The van der Waals surface area contributed by atoms with Crippen LogP contribution >= 0.6 is 11.8 Å². The number of benzene rings is 1. The molecule has 0 fully saturated rings. The number of nitrogens with zero attached hydrogens (tertiary/aromatic N) is 3. The van der Waals surface area contributed by atoms with Gasteiger partial charge in [0.25, 0.3) is 0 Å². The smallest absolute Gasteiger partial charge is 0.138 e. The van der Waals surface area contributed by atoms with E-state index in [1.165, 1.54) is 11.8 Å². The first-order valence-electron chi connectivity index (χ1n) is 4.91. The Kier molecular flexibility index (Phi) is 2.97. The quantitative estimate of drug-likeness (QED) is 0.587. The van der Waals surface area contributed by atoms with E-state index in [9.17, 15) is 0 Å². The number of thiocyanates is 1. The number of para-hydroxylation sites is 1. The van der Waals surface area contributed by atoms with Crippen molar-refractivity contribution in [1.82, 2.24) is 9.78 Å². The lowest BCUT2D eigenvalue weighted by Crippen LogP contribution is -1.98. The Hall–Kier alpha value is -1.73. The van der Waals surface area contributed by atoms with Gasteiger partial charge in [-0.1, -0.05) is 18.2 Å². The second-order valence-corrected chi connectivity index (χ2v) is 4.24. The predicted octanol–water partition coefficient (Wildman–Crippen LogP) is 3.06. The van der Waals surface area contributed by atoms with E-state index < -0.39 is 0 Å². The third-order valence-corrected chi connectivity index (χ3v) is 3.26. The number of nitriles is 1. The highest BCUT2D eigenvalue weighted by atomic mass is 32.2. The van der Waals surface area contributed by atoms with Crippen LogP contribution in [0.15, 0.2) is 35.2 Å². The molecule has 0 aliphatic heterocycles. The molecule has 0 N–H and O–H groups in total. The lowest BCUT2D eigenvalue weighted by Gasteiger charge is -2.03. The van der Waals surface area contributed by atoms with Crippen molar-refractivity contribution >= 4 is 11.8 Å². The van der Waals surface area contributed by atoms with Gasteiger partial charge < -0.3 is 0 Å². The van der Waals surface area contributed by atoms with Gasteiger partial charge in [0, 0.05) is 0 Å². The van der Waals surface area contributed by atoms with Gasteiger partial charge in [-0.2, -0.15) is 10.4 Å². The first-order chi connectivity index (χ1) is 7.74. The number of thioether (sulfide) groups is 1. The Balaban J connectivity index is 2.53. The van der Waals surface area contributed by atoms with Gasteiger partial charge in [0.1, 0.15) is 5.40 Å². The van der Waals surface area contributed by atoms with E-state index >= 15 is 0 Å². The second kappa shape index (κ2) is 4.42. The summed E-state index contributed by atoms with van der Waals surface area (Å²) in [5.74, 6) is 0. The molecule has 0 aliphatic rings. The largest absolute Gasteiger partial charge is 0.237 e. The summed E-state index contributed by atoms with van der Waals surface area (Å²) >= 11 is 1.17. The van der Waals surface area contributed by atoms with Crippen LogP contribution in [0, 0.1) is 24.5 Å². The van der Waals surface area contributed by atoms with Crippen LogP contribution in [0.2, 0.25) is 0 Å². The van der Waals surface area contributed by atoms with Crippen molar-refractivity contribution in [3.8, 4) is 11.1 Å². The summed E-state index contributed by atoms with van der Waals surface area (Å²) < 4.78 is 1.87. The molecule has 1 aromatic carbocycles. The van der Waals surface area contributed by atoms with Crippen molar-refractivity contribution in [1.29, 1.82) is 5.26 Å². The zero-order valence-electron chi connectivity index (χ0n) is 9.14. The summed E-state index contributed by atoms with van der Waals surface area (Å²) in [6, 6.07) is 9.92. The fraction of sp³-hybridized carbons (Fsp3) is 0.167. The van der Waals surface area contributed by atoms with Gasteiger partial charge in [0.05, 0.1) is 22.0 Å². The molecule has 2 aromatic rings. The number of aromatic nitrogens is 2. The Morgan fingerprint density at radius 3 is 2.56 bits per heavy atom. The lowest BCUT2D eigenvalue weighted by atomic mass is 10.3. The number of hydrogen-bond donors (Lipinski definition) is 0. The molecule has 0 aliphatic carbocycles. The second-order valence-electron chi connectivity index (χ2n) is 3.44. The number of hydrogen-bond acceptors (Lipinski definition) is 3. The Morgan fingerprint density at radius 1 is 1.25 bits per heavy atom. The Morgan fingerprint density at radius 2 is 1.94 bits per heavy atom. The normalized spacial score (nSPS) is 10.1. The summed E-state index contributed by atoms with van der Waals surface area (Å²) in [6.45, 7) is 3.90. The molecule has 16 heavy (non-hydrogen) atoms. The highest BCUT2D eigenvalue weighted by molar-refractivity contribution is 8.03. The first kappa shape index (κ1) is 10.8. The van der Waals surface area contributed by atoms with Crippen LogP contribution in [0.25, 0.3) is 5.69 Å². The van der Waals surface area contributed by atoms with Crippen molar-refractivity contribution in [2.75, 3.05) is 0 Å². The fourth-order valence-corrected chi connectivity index (χ4v) is 2.16. The van der Waals surface area contributed by atoms with Gasteiger partial charge in [0.15, 0.2) is 0 Å². The maximum Gasteiger partial charge on any atom is 0.138 e. The molecule has 0 spiro atoms. The zero-order chi connectivity index (χ0) is 11.5. The summed E-state index contributed by atoms with van der Waals surface area (Å²) in [7, 11) is 0. The zero-order valence-corrected chi connectivity index (χ0v) is 9.95. The highest BCUT2D eigenvalue weighted by Gasteiger charge is 2.12. The summed E-state index contributed by atoms with van der Waals surface area (Å²) in [6.07, 6.45) is 0. The molecule has 0 saturated heterocycles. The molecule has 3 nitrogen and oxygen atoms in total. The molecule has 0 unspecified atom stereocenters.